The molecule has 0 heterocycles. The molecule has 0 amide bonds. The maximum Gasteiger partial charge on any atom is 0.310 e. The fraction of sp³-hybridized carbons (Fsp3) is 0.784. The molecule has 0 radical (unpaired) electrons. The van der Waals surface area contributed by atoms with E-state index in [1.165, 1.54) is 18.1 Å². The highest BCUT2D eigenvalue weighted by Gasteiger charge is 2.66. The number of aliphatic carboxylic acids is 2. The van der Waals surface area contributed by atoms with Crippen LogP contribution in [-0.4, -0.2) is 50.7 Å². The van der Waals surface area contributed by atoms with Crippen molar-refractivity contribution in [2.75, 3.05) is 0 Å². The van der Waals surface area contributed by atoms with Crippen molar-refractivity contribution in [3.05, 3.63) is 23.3 Å². The second kappa shape index (κ2) is 12.0. The van der Waals surface area contributed by atoms with Crippen LogP contribution < -0.4 is 0 Å². The number of carboxylic acid groups (broad SMARTS) is 2. The van der Waals surface area contributed by atoms with Crippen LogP contribution in [0.3, 0.4) is 0 Å². The Labute approximate surface area is 269 Å². The van der Waals surface area contributed by atoms with Gasteiger partial charge in [0, 0.05) is 22.7 Å². The molecule has 4 rings (SSSR count). The fourth-order valence-corrected chi connectivity index (χ4v) is 10.5. The molecule has 0 spiro atoms. The van der Waals surface area contributed by atoms with Gasteiger partial charge in [-0.1, -0.05) is 64.8 Å². The third-order valence-electron chi connectivity index (χ3n) is 13.5. The van der Waals surface area contributed by atoms with Crippen LogP contribution in [0.1, 0.15) is 126 Å². The zero-order valence-corrected chi connectivity index (χ0v) is 28.8. The van der Waals surface area contributed by atoms with Gasteiger partial charge in [0.05, 0.1) is 24.4 Å². The van der Waals surface area contributed by atoms with Crippen molar-refractivity contribution < 1.29 is 39.2 Å². The quantitative estimate of drug-likeness (QED) is 0.162. The third-order valence-corrected chi connectivity index (χ3v) is 13.5. The van der Waals surface area contributed by atoms with Gasteiger partial charge in [-0.05, 0) is 88.4 Å². The average molecular weight is 629 g/mol. The van der Waals surface area contributed by atoms with Gasteiger partial charge in [0.25, 0.3) is 0 Å². The lowest BCUT2D eigenvalue weighted by Gasteiger charge is -2.61. The van der Waals surface area contributed by atoms with E-state index in [2.05, 4.69) is 48.1 Å². The van der Waals surface area contributed by atoms with Gasteiger partial charge in [-0.15, -0.1) is 0 Å². The number of allylic oxidation sites excluding steroid dienone is 2. The van der Waals surface area contributed by atoms with Crippen LogP contribution in [0.2, 0.25) is 0 Å². The third kappa shape index (κ3) is 5.94. The number of ketones is 1. The van der Waals surface area contributed by atoms with Crippen LogP contribution in [0.4, 0.5) is 0 Å². The predicted molar refractivity (Wildman–Crippen MR) is 171 cm³/mol. The Morgan fingerprint density at radius 3 is 2.24 bits per heavy atom. The van der Waals surface area contributed by atoms with E-state index >= 15 is 0 Å². The molecule has 4 aliphatic carbocycles. The van der Waals surface area contributed by atoms with Gasteiger partial charge in [-0.3, -0.25) is 19.2 Å². The van der Waals surface area contributed by atoms with Crippen LogP contribution in [0.25, 0.3) is 0 Å². The highest BCUT2D eigenvalue weighted by Crippen LogP contribution is 2.71. The van der Waals surface area contributed by atoms with E-state index in [0.717, 1.165) is 44.1 Å². The van der Waals surface area contributed by atoms with Gasteiger partial charge in [0.15, 0.2) is 0 Å². The SMILES string of the molecule is C=C(CC[C@@H](C)[C@H]1CC[C@@]2(C)C3=C(CC(=O)[C@]12C)[C@@]1(C)CC[C@H](OC(=O)C[C@@](C)(O)CC(=O)O)C(C)(C)[C@@H]1CC3)[C@H](C)C(=O)O. The molecule has 0 saturated heterocycles. The molecule has 8 nitrogen and oxygen atoms in total. The van der Waals surface area contributed by atoms with Crippen molar-refractivity contribution in [3.8, 4) is 0 Å². The molecule has 45 heavy (non-hydrogen) atoms. The van der Waals surface area contributed by atoms with Crippen molar-refractivity contribution in [1.82, 2.24) is 0 Å². The molecule has 8 heteroatoms. The topological polar surface area (TPSA) is 138 Å². The zero-order valence-electron chi connectivity index (χ0n) is 28.8. The van der Waals surface area contributed by atoms with E-state index in [4.69, 9.17) is 9.84 Å². The molecule has 0 aromatic carbocycles. The minimum atomic E-state index is -1.67. The maximum atomic E-state index is 14.4. The second-order valence-corrected chi connectivity index (χ2v) is 16.6. The molecule has 0 bridgehead atoms. The molecule has 0 aromatic rings. The van der Waals surface area contributed by atoms with Gasteiger partial charge in [0.2, 0.25) is 0 Å². The zero-order chi connectivity index (χ0) is 33.9. The molecule has 2 saturated carbocycles. The first-order chi connectivity index (χ1) is 20.6. The second-order valence-electron chi connectivity index (χ2n) is 16.6. The molecule has 2 fully saturated rings. The Bertz CT molecular complexity index is 1290. The number of esters is 1. The average Bonchev–Trinajstić information content (AvgIpc) is 3.20. The Hall–Kier alpha value is -2.48. The number of ether oxygens (including phenoxy) is 1. The maximum absolute atomic E-state index is 14.4. The van der Waals surface area contributed by atoms with E-state index in [9.17, 15) is 29.4 Å². The van der Waals surface area contributed by atoms with E-state index in [1.807, 2.05) is 0 Å². The number of carbonyl (C=O) groups is 4. The molecular weight excluding hydrogens is 572 g/mol. The van der Waals surface area contributed by atoms with Crippen molar-refractivity contribution >= 4 is 23.7 Å². The van der Waals surface area contributed by atoms with E-state index in [0.29, 0.717) is 25.0 Å². The number of aliphatic hydroxyl groups is 1. The van der Waals surface area contributed by atoms with Crippen molar-refractivity contribution in [3.63, 3.8) is 0 Å². The number of carbonyl (C=O) groups excluding carboxylic acids is 2. The molecular formula is C37H56O8. The number of fused-ring (bicyclic) bond motifs is 4. The number of hydrogen-bond acceptors (Lipinski definition) is 6. The normalized spacial score (nSPS) is 36.6. The fourth-order valence-electron chi connectivity index (χ4n) is 10.5. The summed E-state index contributed by atoms with van der Waals surface area (Å²) in [6, 6.07) is 0. The molecule has 252 valence electrons. The lowest BCUT2D eigenvalue weighted by atomic mass is 9.43. The lowest BCUT2D eigenvalue weighted by Crippen LogP contribution is -2.57. The summed E-state index contributed by atoms with van der Waals surface area (Å²) in [6.07, 6.45) is 5.92. The molecule has 9 atom stereocenters. The largest absolute Gasteiger partial charge is 0.481 e. The van der Waals surface area contributed by atoms with Gasteiger partial charge >= 0.3 is 17.9 Å². The van der Waals surface area contributed by atoms with Gasteiger partial charge in [-0.2, -0.15) is 0 Å². The van der Waals surface area contributed by atoms with Crippen molar-refractivity contribution in [1.29, 1.82) is 0 Å². The Morgan fingerprint density at radius 2 is 1.64 bits per heavy atom. The highest BCUT2D eigenvalue weighted by atomic mass is 16.5. The predicted octanol–water partition coefficient (Wildman–Crippen LogP) is 7.14. The molecule has 4 aliphatic rings. The van der Waals surface area contributed by atoms with Crippen LogP contribution in [0.15, 0.2) is 23.3 Å². The number of rotatable bonds is 11. The molecule has 0 unspecified atom stereocenters. The smallest absolute Gasteiger partial charge is 0.310 e. The van der Waals surface area contributed by atoms with Gasteiger partial charge < -0.3 is 20.1 Å². The summed E-state index contributed by atoms with van der Waals surface area (Å²) in [5.74, 6) is -2.14. The highest BCUT2D eigenvalue weighted by molar-refractivity contribution is 5.91. The van der Waals surface area contributed by atoms with Crippen LogP contribution >= 0.6 is 0 Å². The number of carboxylic acids is 2. The van der Waals surface area contributed by atoms with Crippen molar-refractivity contribution in [2.45, 2.75) is 138 Å². The summed E-state index contributed by atoms with van der Waals surface area (Å²) in [5.41, 5.74) is 0.590. The van der Waals surface area contributed by atoms with Gasteiger partial charge in [-0.25, -0.2) is 0 Å². The number of hydrogen-bond donors (Lipinski definition) is 3. The summed E-state index contributed by atoms with van der Waals surface area (Å²) in [4.78, 5) is 49.9. The Morgan fingerprint density at radius 1 is 1.00 bits per heavy atom. The van der Waals surface area contributed by atoms with E-state index in [1.54, 1.807) is 6.92 Å². The minimum Gasteiger partial charge on any atom is -0.481 e. The summed E-state index contributed by atoms with van der Waals surface area (Å²) in [7, 11) is 0. The van der Waals surface area contributed by atoms with Crippen LogP contribution in [-0.2, 0) is 23.9 Å². The standard InChI is InChI=1S/C37H56O8/c1-21(23(3)32(42)43)10-11-22(2)24-14-17-36(8)25-12-13-27-33(4,5)29(45-31(41)20-34(6,44)19-30(39)40)15-16-35(27,7)26(25)18-28(38)37(24,36)9/h22-24,27,29,44H,1,10-20H2,2-9H3,(H,39,40)(H,42,43)/t22-,23+,24-,27+,29+,34+,35-,36+,37+/m1/s1. The van der Waals surface area contributed by atoms with E-state index in [-0.39, 0.29) is 46.5 Å². The summed E-state index contributed by atoms with van der Waals surface area (Å²) in [5, 5.41) is 28.9. The minimum absolute atomic E-state index is 0.191. The molecule has 3 N–H and O–H groups in total. The Kier molecular flexibility index (Phi) is 9.40. The first-order valence-corrected chi connectivity index (χ1v) is 16.9. The Balaban J connectivity index is 1.55. The van der Waals surface area contributed by atoms with Gasteiger partial charge in [0.1, 0.15) is 11.9 Å². The molecule has 0 aromatic heterocycles. The molecule has 0 aliphatic heterocycles. The monoisotopic (exact) mass is 628 g/mol. The van der Waals surface area contributed by atoms with E-state index < -0.39 is 41.3 Å². The van der Waals surface area contributed by atoms with Crippen LogP contribution in [0.5, 0.6) is 0 Å². The number of Topliss-reactive ketones (excluding diaryl/α,β-unsaturated/α-hetero) is 1. The summed E-state index contributed by atoms with van der Waals surface area (Å²) in [6.45, 7) is 20.4. The summed E-state index contributed by atoms with van der Waals surface area (Å²) < 4.78 is 5.97. The van der Waals surface area contributed by atoms with Crippen LogP contribution in [0, 0.1) is 45.3 Å². The summed E-state index contributed by atoms with van der Waals surface area (Å²) >= 11 is 0. The lowest BCUT2D eigenvalue weighted by molar-refractivity contribution is -0.174. The first-order valence-electron chi connectivity index (χ1n) is 16.9. The van der Waals surface area contributed by atoms with Crippen molar-refractivity contribution in [2.24, 2.45) is 45.3 Å². The first kappa shape index (κ1) is 35.4.